The Hall–Kier alpha value is 0.330. The van der Waals surface area contributed by atoms with Crippen molar-refractivity contribution in [3.63, 3.8) is 0 Å². The normalized spacial score (nSPS) is 9.00. The second-order valence-corrected chi connectivity index (χ2v) is 3.10. The van der Waals surface area contributed by atoms with Gasteiger partial charge in [0.25, 0.3) is 0 Å². The van der Waals surface area contributed by atoms with Gasteiger partial charge in [0, 0.05) is 42.8 Å². The number of rotatable bonds is 3. The van der Waals surface area contributed by atoms with Crippen LogP contribution in [0.5, 0.6) is 5.75 Å². The summed E-state index contributed by atoms with van der Waals surface area (Å²) in [6.07, 6.45) is 0. The molecule has 0 atom stereocenters. The minimum Gasteiger partial charge on any atom is -0.480 e. The van der Waals surface area contributed by atoms with E-state index >= 15 is 0 Å². The number of ether oxygens (including phenoxy) is 1. The largest absolute Gasteiger partial charge is 0.480 e. The van der Waals surface area contributed by atoms with E-state index < -0.39 is 12.6 Å². The first kappa shape index (κ1) is 14.3. The Morgan fingerprint density at radius 1 is 1.43 bits per heavy atom. The van der Waals surface area contributed by atoms with Crippen molar-refractivity contribution in [3.05, 3.63) is 28.2 Å². The van der Waals surface area contributed by atoms with Crippen LogP contribution in [0.25, 0.3) is 0 Å². The van der Waals surface area contributed by atoms with Gasteiger partial charge >= 0.3 is 5.97 Å². The molecule has 0 amide bonds. The predicted molar refractivity (Wildman–Crippen MR) is 55.3 cm³/mol. The smallest absolute Gasteiger partial charge is 0.341 e. The van der Waals surface area contributed by atoms with Gasteiger partial charge in [0.05, 0.1) is 5.02 Å². The monoisotopic (exact) mass is 260 g/mol. The second-order valence-electron chi connectivity index (χ2n) is 2.26. The van der Waals surface area contributed by atoms with E-state index in [2.05, 4.69) is 0 Å². The molecule has 2 radical (unpaired) electrons. The van der Waals surface area contributed by atoms with Crippen molar-refractivity contribution in [2.45, 2.75) is 0 Å². The maximum absolute atomic E-state index is 10.2. The summed E-state index contributed by atoms with van der Waals surface area (Å²) in [5.41, 5.74) is 0. The fourth-order valence-electron chi connectivity index (χ4n) is 0.732. The topological polar surface area (TPSA) is 46.5 Å². The summed E-state index contributed by atoms with van der Waals surface area (Å²) in [4.78, 5) is 10.2. The number of aliphatic carboxylic acids is 1. The van der Waals surface area contributed by atoms with Gasteiger partial charge in [-0.25, -0.2) is 4.79 Å². The minimum atomic E-state index is -1.05. The molecule has 0 aliphatic heterocycles. The molecule has 0 spiro atoms. The van der Waals surface area contributed by atoms with Crippen LogP contribution in [-0.4, -0.2) is 55.4 Å². The van der Waals surface area contributed by atoms with Crippen molar-refractivity contribution < 1.29 is 14.6 Å². The molecule has 0 aliphatic rings. The van der Waals surface area contributed by atoms with Crippen molar-refractivity contribution in [2.24, 2.45) is 0 Å². The summed E-state index contributed by atoms with van der Waals surface area (Å²) in [5.74, 6) is -0.737. The average Bonchev–Trinajstić information content (AvgIpc) is 2.02. The Labute approximate surface area is 121 Å². The van der Waals surface area contributed by atoms with Crippen LogP contribution in [0.3, 0.4) is 0 Å². The van der Waals surface area contributed by atoms with Crippen LogP contribution in [0.4, 0.5) is 0 Å². The van der Waals surface area contributed by atoms with E-state index in [9.17, 15) is 4.79 Å². The summed E-state index contributed by atoms with van der Waals surface area (Å²) in [7, 11) is 0. The molecule has 0 saturated heterocycles. The number of carboxylic acid groups (broad SMARTS) is 1. The van der Waals surface area contributed by atoms with E-state index in [0.717, 1.165) is 0 Å². The molecular weight excluding hydrogens is 255 g/mol. The second kappa shape index (κ2) is 6.75. The zero-order valence-corrected chi connectivity index (χ0v) is 10.9. The van der Waals surface area contributed by atoms with Gasteiger partial charge in [-0.3, -0.25) is 0 Å². The van der Waals surface area contributed by atoms with Crippen molar-refractivity contribution in [1.82, 2.24) is 0 Å². The van der Waals surface area contributed by atoms with Gasteiger partial charge in [0.2, 0.25) is 0 Å². The van der Waals surface area contributed by atoms with E-state index in [4.69, 9.17) is 33.0 Å². The number of benzene rings is 1. The van der Waals surface area contributed by atoms with Crippen LogP contribution < -0.4 is 4.74 Å². The Bertz CT molecular complexity index is 330. The number of carboxylic acids is 1. The van der Waals surface area contributed by atoms with Gasteiger partial charge in [-0.05, 0) is 18.2 Å². The average molecular weight is 261 g/mol. The standard InChI is InChI=1S/C8H6Cl2O3.Ca/c9-5-1-2-7(6(10)3-5)13-4-8(11)12;/h1-3H,4H2,(H,11,12);. The zero-order valence-electron chi connectivity index (χ0n) is 7.17. The molecule has 0 heterocycles. The van der Waals surface area contributed by atoms with Crippen LogP contribution >= 0.6 is 23.2 Å². The van der Waals surface area contributed by atoms with Crippen molar-refractivity contribution in [2.75, 3.05) is 6.61 Å². The van der Waals surface area contributed by atoms with Gasteiger partial charge in [-0.15, -0.1) is 0 Å². The summed E-state index contributed by atoms with van der Waals surface area (Å²) >= 11 is 11.3. The molecule has 0 unspecified atom stereocenters. The molecule has 0 fully saturated rings. The van der Waals surface area contributed by atoms with Gasteiger partial charge < -0.3 is 9.84 Å². The first-order chi connectivity index (χ1) is 6.09. The molecule has 3 nitrogen and oxygen atoms in total. The van der Waals surface area contributed by atoms with Crippen LogP contribution in [0, 0.1) is 0 Å². The molecule has 14 heavy (non-hydrogen) atoms. The molecule has 72 valence electrons. The van der Waals surface area contributed by atoms with Gasteiger partial charge in [-0.1, -0.05) is 23.2 Å². The fourth-order valence-corrected chi connectivity index (χ4v) is 1.19. The van der Waals surface area contributed by atoms with Gasteiger partial charge in [0.15, 0.2) is 6.61 Å². The van der Waals surface area contributed by atoms with E-state index in [1.807, 2.05) is 0 Å². The molecule has 1 N–H and O–H groups in total. The van der Waals surface area contributed by atoms with Crippen molar-refractivity contribution in [3.8, 4) is 5.75 Å². The number of carbonyl (C=O) groups is 1. The predicted octanol–water partition coefficient (Wildman–Crippen LogP) is 2.08. The molecule has 0 saturated carbocycles. The van der Waals surface area contributed by atoms with E-state index in [-0.39, 0.29) is 37.7 Å². The van der Waals surface area contributed by atoms with E-state index in [1.165, 1.54) is 12.1 Å². The zero-order chi connectivity index (χ0) is 9.84. The van der Waals surface area contributed by atoms with E-state index in [0.29, 0.717) is 15.8 Å². The molecule has 0 bridgehead atoms. The maximum atomic E-state index is 10.2. The van der Waals surface area contributed by atoms with Crippen molar-refractivity contribution in [1.29, 1.82) is 0 Å². The molecule has 6 heteroatoms. The summed E-state index contributed by atoms with van der Waals surface area (Å²) in [6, 6.07) is 4.58. The Morgan fingerprint density at radius 3 is 2.57 bits per heavy atom. The molecule has 0 aliphatic carbocycles. The Morgan fingerprint density at radius 2 is 2.07 bits per heavy atom. The Kier molecular flexibility index (Phi) is 6.91. The quantitative estimate of drug-likeness (QED) is 0.847. The third kappa shape index (κ3) is 4.71. The molecule has 1 aromatic carbocycles. The molecule has 1 rings (SSSR count). The van der Waals surface area contributed by atoms with Crippen LogP contribution in [0.1, 0.15) is 0 Å². The third-order valence-corrected chi connectivity index (χ3v) is 1.78. The third-order valence-electron chi connectivity index (χ3n) is 1.25. The number of hydrogen-bond donors (Lipinski definition) is 1. The molecular formula is C8H6CaCl2O3. The fraction of sp³-hybridized carbons (Fsp3) is 0.125. The summed E-state index contributed by atoms with van der Waals surface area (Å²) in [5, 5.41) is 9.11. The van der Waals surface area contributed by atoms with Crippen LogP contribution in [0.2, 0.25) is 10.0 Å². The first-order valence-corrected chi connectivity index (χ1v) is 4.15. The first-order valence-electron chi connectivity index (χ1n) is 3.39. The maximum Gasteiger partial charge on any atom is 0.341 e. The molecule has 0 aromatic heterocycles. The number of halogens is 2. The van der Waals surface area contributed by atoms with Crippen LogP contribution in [-0.2, 0) is 4.79 Å². The van der Waals surface area contributed by atoms with E-state index in [1.54, 1.807) is 6.07 Å². The SMILES string of the molecule is O=C(O)COc1ccc(Cl)cc1Cl.[Ca]. The Balaban J connectivity index is 0.00000169. The van der Waals surface area contributed by atoms with Gasteiger partial charge in [0.1, 0.15) is 5.75 Å². The van der Waals surface area contributed by atoms with Crippen molar-refractivity contribution >= 4 is 66.9 Å². The summed E-state index contributed by atoms with van der Waals surface area (Å²) in [6.45, 7) is -0.415. The molecule has 1 aromatic rings. The van der Waals surface area contributed by atoms with Gasteiger partial charge in [-0.2, -0.15) is 0 Å². The summed E-state index contributed by atoms with van der Waals surface area (Å²) < 4.78 is 4.86. The van der Waals surface area contributed by atoms with Crippen LogP contribution in [0.15, 0.2) is 18.2 Å². The minimum absolute atomic E-state index is 0. The number of hydrogen-bond acceptors (Lipinski definition) is 2.